The molecule has 25 heavy (non-hydrogen) atoms. The minimum absolute atomic E-state index is 0.0276. The molecule has 8 heteroatoms. The smallest absolute Gasteiger partial charge is 0.266 e. The first kappa shape index (κ1) is 17.4. The van der Waals surface area contributed by atoms with Gasteiger partial charge in [-0.15, -0.1) is 0 Å². The van der Waals surface area contributed by atoms with Crippen LogP contribution in [0.25, 0.3) is 10.9 Å². The van der Waals surface area contributed by atoms with E-state index in [0.29, 0.717) is 5.39 Å². The SMILES string of the molecule is CC(CC(=O)NS(=O)(=O)c1cc(Cl)cc2cccnc12)n1cccc1. The zero-order chi connectivity index (χ0) is 18.0. The van der Waals surface area contributed by atoms with Gasteiger partial charge in [0.25, 0.3) is 10.0 Å². The number of hydrogen-bond acceptors (Lipinski definition) is 4. The highest BCUT2D eigenvalue weighted by molar-refractivity contribution is 7.90. The normalized spacial score (nSPS) is 12.9. The Balaban J connectivity index is 1.86. The lowest BCUT2D eigenvalue weighted by molar-refractivity contribution is -0.120. The van der Waals surface area contributed by atoms with Crippen LogP contribution in [-0.4, -0.2) is 23.9 Å². The maximum absolute atomic E-state index is 12.6. The molecule has 1 aromatic carbocycles. The molecule has 0 saturated carbocycles. The molecular weight excluding hydrogens is 362 g/mol. The molecule has 130 valence electrons. The summed E-state index contributed by atoms with van der Waals surface area (Å²) < 4.78 is 29.2. The molecule has 0 saturated heterocycles. The van der Waals surface area contributed by atoms with Crippen molar-refractivity contribution in [3.8, 4) is 0 Å². The molecular formula is C17H16ClN3O3S. The average Bonchev–Trinajstić information content (AvgIpc) is 3.08. The number of nitrogens with zero attached hydrogens (tertiary/aromatic N) is 2. The van der Waals surface area contributed by atoms with Gasteiger partial charge in [0, 0.05) is 41.5 Å². The van der Waals surface area contributed by atoms with Gasteiger partial charge in [-0.2, -0.15) is 0 Å². The zero-order valence-corrected chi connectivity index (χ0v) is 15.0. The van der Waals surface area contributed by atoms with Gasteiger partial charge < -0.3 is 4.57 Å². The molecule has 0 aliphatic heterocycles. The van der Waals surface area contributed by atoms with Crippen LogP contribution in [0.3, 0.4) is 0 Å². The maximum atomic E-state index is 12.6. The first-order valence-electron chi connectivity index (χ1n) is 7.59. The minimum atomic E-state index is -4.08. The molecule has 0 radical (unpaired) electrons. The van der Waals surface area contributed by atoms with E-state index in [9.17, 15) is 13.2 Å². The molecule has 1 unspecified atom stereocenters. The van der Waals surface area contributed by atoms with Gasteiger partial charge in [-0.3, -0.25) is 9.78 Å². The highest BCUT2D eigenvalue weighted by Crippen LogP contribution is 2.26. The van der Waals surface area contributed by atoms with Crippen LogP contribution in [0.1, 0.15) is 19.4 Å². The summed E-state index contributed by atoms with van der Waals surface area (Å²) in [6.45, 7) is 1.84. The van der Waals surface area contributed by atoms with E-state index in [1.54, 1.807) is 18.2 Å². The summed E-state index contributed by atoms with van der Waals surface area (Å²) in [5.74, 6) is -0.592. The molecule has 0 spiro atoms. The Hall–Kier alpha value is -2.38. The summed E-state index contributed by atoms with van der Waals surface area (Å²) in [4.78, 5) is 16.2. The number of pyridine rings is 1. The number of aromatic nitrogens is 2. The fraction of sp³-hybridized carbons (Fsp3) is 0.176. The number of amides is 1. The number of fused-ring (bicyclic) bond motifs is 1. The second-order valence-electron chi connectivity index (χ2n) is 5.69. The van der Waals surface area contributed by atoms with Crippen LogP contribution in [0.4, 0.5) is 0 Å². The van der Waals surface area contributed by atoms with Crippen LogP contribution < -0.4 is 4.72 Å². The van der Waals surface area contributed by atoms with Gasteiger partial charge in [0.1, 0.15) is 4.90 Å². The number of hydrogen-bond donors (Lipinski definition) is 1. The maximum Gasteiger partial charge on any atom is 0.266 e. The van der Waals surface area contributed by atoms with Gasteiger partial charge in [-0.25, -0.2) is 13.1 Å². The molecule has 3 rings (SSSR count). The molecule has 0 aliphatic rings. The number of carbonyl (C=O) groups excluding carboxylic acids is 1. The van der Waals surface area contributed by atoms with E-state index in [0.717, 1.165) is 0 Å². The Morgan fingerprint density at radius 3 is 2.72 bits per heavy atom. The molecule has 1 N–H and O–H groups in total. The highest BCUT2D eigenvalue weighted by atomic mass is 35.5. The van der Waals surface area contributed by atoms with Crippen LogP contribution >= 0.6 is 11.6 Å². The van der Waals surface area contributed by atoms with Crippen molar-refractivity contribution in [3.05, 3.63) is 60.0 Å². The predicted molar refractivity (Wildman–Crippen MR) is 95.8 cm³/mol. The van der Waals surface area contributed by atoms with E-state index in [-0.39, 0.29) is 27.9 Å². The largest absolute Gasteiger partial charge is 0.351 e. The molecule has 1 atom stereocenters. The first-order chi connectivity index (χ1) is 11.9. The van der Waals surface area contributed by atoms with Crippen LogP contribution in [0.15, 0.2) is 59.9 Å². The Bertz CT molecular complexity index is 1020. The Morgan fingerprint density at radius 2 is 2.00 bits per heavy atom. The van der Waals surface area contributed by atoms with Crippen molar-refractivity contribution < 1.29 is 13.2 Å². The van der Waals surface area contributed by atoms with Crippen LogP contribution in [0.5, 0.6) is 0 Å². The molecule has 3 aromatic rings. The fourth-order valence-electron chi connectivity index (χ4n) is 2.59. The molecule has 0 bridgehead atoms. The summed E-state index contributed by atoms with van der Waals surface area (Å²) >= 11 is 6.01. The second kappa shape index (κ2) is 6.85. The van der Waals surface area contributed by atoms with Gasteiger partial charge in [0.05, 0.1) is 5.52 Å². The third kappa shape index (κ3) is 3.83. The number of rotatable bonds is 5. The third-order valence-electron chi connectivity index (χ3n) is 3.79. The minimum Gasteiger partial charge on any atom is -0.351 e. The van der Waals surface area contributed by atoms with Crippen LogP contribution in [0, 0.1) is 0 Å². The number of halogens is 1. The van der Waals surface area contributed by atoms with Crippen LogP contribution in [0.2, 0.25) is 5.02 Å². The van der Waals surface area contributed by atoms with E-state index in [2.05, 4.69) is 9.71 Å². The van der Waals surface area contributed by atoms with E-state index in [4.69, 9.17) is 11.6 Å². The monoisotopic (exact) mass is 377 g/mol. The van der Waals surface area contributed by atoms with E-state index >= 15 is 0 Å². The van der Waals surface area contributed by atoms with Crippen molar-refractivity contribution in [1.82, 2.24) is 14.3 Å². The van der Waals surface area contributed by atoms with Gasteiger partial charge in [0.15, 0.2) is 0 Å². The molecule has 0 fully saturated rings. The molecule has 6 nitrogen and oxygen atoms in total. The standard InChI is InChI=1S/C17H16ClN3O3S/c1-12(21-7-2-3-8-21)9-16(22)20-25(23,24)15-11-14(18)10-13-5-4-6-19-17(13)15/h2-8,10-12H,9H2,1H3,(H,20,22). The first-order valence-corrected chi connectivity index (χ1v) is 9.45. The lowest BCUT2D eigenvalue weighted by atomic mass is 10.2. The summed E-state index contributed by atoms with van der Waals surface area (Å²) in [7, 11) is -4.08. The molecule has 0 aliphatic carbocycles. The van der Waals surface area contributed by atoms with Gasteiger partial charge in [-0.1, -0.05) is 17.7 Å². The van der Waals surface area contributed by atoms with E-state index in [1.807, 2.05) is 36.0 Å². The summed E-state index contributed by atoms with van der Waals surface area (Å²) in [5.41, 5.74) is 0.269. The molecule has 2 heterocycles. The summed E-state index contributed by atoms with van der Waals surface area (Å²) in [6, 6.07) is 9.83. The third-order valence-corrected chi connectivity index (χ3v) is 5.39. The highest BCUT2D eigenvalue weighted by Gasteiger charge is 2.23. The topological polar surface area (TPSA) is 81.1 Å². The fourth-order valence-corrected chi connectivity index (χ4v) is 4.08. The Morgan fingerprint density at radius 1 is 1.28 bits per heavy atom. The molecule has 1 amide bonds. The second-order valence-corrected chi connectivity index (χ2v) is 7.78. The van der Waals surface area contributed by atoms with Gasteiger partial charge >= 0.3 is 0 Å². The average molecular weight is 378 g/mol. The van der Waals surface area contributed by atoms with Crippen molar-refractivity contribution in [2.24, 2.45) is 0 Å². The Labute approximate surface area is 150 Å². The summed E-state index contributed by atoms with van der Waals surface area (Å²) in [5, 5.41) is 0.845. The van der Waals surface area contributed by atoms with Crippen molar-refractivity contribution in [3.63, 3.8) is 0 Å². The lowest BCUT2D eigenvalue weighted by Gasteiger charge is -2.14. The van der Waals surface area contributed by atoms with Crippen LogP contribution in [-0.2, 0) is 14.8 Å². The number of nitrogens with one attached hydrogen (secondary N) is 1. The predicted octanol–water partition coefficient (Wildman–Crippen LogP) is 3.15. The van der Waals surface area contributed by atoms with Crippen molar-refractivity contribution in [1.29, 1.82) is 0 Å². The summed E-state index contributed by atoms with van der Waals surface area (Å²) in [6.07, 6.45) is 5.16. The number of sulfonamides is 1. The van der Waals surface area contributed by atoms with Gasteiger partial charge in [0.2, 0.25) is 5.91 Å². The molecule has 2 aromatic heterocycles. The number of carbonyl (C=O) groups is 1. The van der Waals surface area contributed by atoms with E-state index in [1.165, 1.54) is 12.3 Å². The van der Waals surface area contributed by atoms with Crippen molar-refractivity contribution in [2.75, 3.05) is 0 Å². The van der Waals surface area contributed by atoms with E-state index < -0.39 is 15.9 Å². The zero-order valence-electron chi connectivity index (χ0n) is 13.4. The van der Waals surface area contributed by atoms with Crippen molar-refractivity contribution >= 4 is 38.4 Å². The van der Waals surface area contributed by atoms with Crippen molar-refractivity contribution in [2.45, 2.75) is 24.3 Å². The van der Waals surface area contributed by atoms with Gasteiger partial charge in [-0.05, 0) is 37.3 Å². The number of benzene rings is 1. The quantitative estimate of drug-likeness (QED) is 0.740. The Kier molecular flexibility index (Phi) is 4.78. The lowest BCUT2D eigenvalue weighted by Crippen LogP contribution is -2.32.